The molecule has 1 saturated heterocycles. The number of allylic oxidation sites excluding steroid dienone is 12. The first-order valence-electron chi connectivity index (χ1n) is 25.7. The van der Waals surface area contributed by atoms with Crippen LogP contribution in [-0.4, -0.2) is 97.5 Å². The van der Waals surface area contributed by atoms with Gasteiger partial charge in [-0.1, -0.05) is 177 Å². The monoisotopic (exact) mass is 953 g/mol. The molecule has 0 saturated carbocycles. The summed E-state index contributed by atoms with van der Waals surface area (Å²) in [5.74, 6) is -0.410. The maximum absolute atomic E-state index is 12.9. The number of esters is 1. The minimum Gasteiger partial charge on any atom is -0.457 e. The Bertz CT molecular complexity index is 1420. The van der Waals surface area contributed by atoms with Crippen LogP contribution in [0.1, 0.15) is 194 Å². The molecule has 0 aromatic rings. The maximum Gasteiger partial charge on any atom is 0.397 e. The minimum atomic E-state index is -5.07. The van der Waals surface area contributed by atoms with Crippen LogP contribution in [0, 0.1) is 0 Å². The standard InChI is InChI=1S/C53H92O12S/c1-3-5-7-9-11-13-15-17-19-21-22-23-24-25-26-27-28-30-32-34-36-38-40-42-49(55)63-47(46-62-53-51(57)52(65-66(58,59)60)50(56)48(44-54)64-53)45-61-43-41-39-37-35-33-31-29-20-18-16-14-12-10-8-6-4-2/h5,7,11-14,17-20,22-23,47-48,50-54,56-57H,3-4,6,8-10,15-16,21,24-46H2,1-2H3,(H,58,59,60)/b7-5-,13-11-,14-12-,19-17-,20-18-,23-22-. The van der Waals surface area contributed by atoms with Gasteiger partial charge in [-0.05, 0) is 83.5 Å². The summed E-state index contributed by atoms with van der Waals surface area (Å²) in [4.78, 5) is 12.9. The van der Waals surface area contributed by atoms with Gasteiger partial charge in [-0.2, -0.15) is 8.42 Å². The van der Waals surface area contributed by atoms with E-state index in [0.717, 1.165) is 89.9 Å². The van der Waals surface area contributed by atoms with Gasteiger partial charge in [-0.25, -0.2) is 4.18 Å². The highest BCUT2D eigenvalue weighted by atomic mass is 32.3. The molecule has 66 heavy (non-hydrogen) atoms. The van der Waals surface area contributed by atoms with Crippen LogP contribution in [0.4, 0.5) is 0 Å². The van der Waals surface area contributed by atoms with Crippen LogP contribution in [0.5, 0.6) is 0 Å². The van der Waals surface area contributed by atoms with Crippen LogP contribution >= 0.6 is 0 Å². The smallest absolute Gasteiger partial charge is 0.397 e. The van der Waals surface area contributed by atoms with Gasteiger partial charge in [-0.15, -0.1) is 0 Å². The second-order valence-electron chi connectivity index (χ2n) is 17.4. The third-order valence-electron chi connectivity index (χ3n) is 11.3. The van der Waals surface area contributed by atoms with Crippen molar-refractivity contribution in [3.63, 3.8) is 0 Å². The predicted molar refractivity (Wildman–Crippen MR) is 266 cm³/mol. The lowest BCUT2D eigenvalue weighted by Crippen LogP contribution is -2.60. The van der Waals surface area contributed by atoms with Crippen molar-refractivity contribution in [3.8, 4) is 0 Å². The van der Waals surface area contributed by atoms with E-state index in [-0.39, 0.29) is 19.6 Å². The Morgan fingerprint density at radius 1 is 0.591 bits per heavy atom. The van der Waals surface area contributed by atoms with Crippen LogP contribution in [0.2, 0.25) is 0 Å². The molecule has 0 spiro atoms. The Kier molecular flexibility index (Phi) is 40.8. The minimum absolute atomic E-state index is 0.0241. The molecule has 6 atom stereocenters. The third-order valence-corrected chi connectivity index (χ3v) is 11.8. The summed E-state index contributed by atoms with van der Waals surface area (Å²) in [5, 5.41) is 30.8. The topological polar surface area (TPSA) is 178 Å². The maximum atomic E-state index is 12.9. The van der Waals surface area contributed by atoms with Gasteiger partial charge in [0, 0.05) is 13.0 Å². The first-order chi connectivity index (χ1) is 32.1. The zero-order valence-corrected chi connectivity index (χ0v) is 41.8. The van der Waals surface area contributed by atoms with Crippen molar-refractivity contribution in [2.75, 3.05) is 26.4 Å². The molecule has 0 aromatic heterocycles. The van der Waals surface area contributed by atoms with Gasteiger partial charge in [-0.3, -0.25) is 9.35 Å². The van der Waals surface area contributed by atoms with Gasteiger partial charge in [0.05, 0.1) is 19.8 Å². The van der Waals surface area contributed by atoms with Crippen LogP contribution in [0.25, 0.3) is 0 Å². The first kappa shape index (κ1) is 61.6. The SMILES string of the molecule is CC/C=C\C/C=C\C/C=C\C/C=C\CCCCCCCCCCCCC(=O)OC(COCCCCCCCC/C=C\C/C=C\CCCCC)COC1OC(CO)C(O)C(OS(=O)(=O)O)C1O. The number of hydrogen-bond donors (Lipinski definition) is 4. The molecule has 0 bridgehead atoms. The van der Waals surface area contributed by atoms with Crippen LogP contribution in [-0.2, 0) is 38.3 Å². The molecule has 1 fully saturated rings. The third kappa shape index (κ3) is 36.6. The summed E-state index contributed by atoms with van der Waals surface area (Å²) in [6.45, 7) is 3.83. The predicted octanol–water partition coefficient (Wildman–Crippen LogP) is 11.9. The molecule has 1 heterocycles. The van der Waals surface area contributed by atoms with Gasteiger partial charge in [0.2, 0.25) is 0 Å². The molecule has 1 aliphatic heterocycles. The summed E-state index contributed by atoms with van der Waals surface area (Å²) in [6.07, 6.45) is 47.8. The summed E-state index contributed by atoms with van der Waals surface area (Å²) < 4.78 is 59.2. The van der Waals surface area contributed by atoms with Crippen LogP contribution < -0.4 is 0 Å². The second-order valence-corrected chi connectivity index (χ2v) is 18.4. The van der Waals surface area contributed by atoms with Crippen molar-refractivity contribution in [2.24, 2.45) is 0 Å². The van der Waals surface area contributed by atoms with E-state index >= 15 is 0 Å². The Labute approximate surface area is 401 Å². The number of rotatable bonds is 44. The molecule has 0 aromatic carbocycles. The fourth-order valence-corrected chi connectivity index (χ4v) is 7.97. The average Bonchev–Trinajstić information content (AvgIpc) is 3.29. The summed E-state index contributed by atoms with van der Waals surface area (Å²) in [5.41, 5.74) is 0. The van der Waals surface area contributed by atoms with E-state index in [0.29, 0.717) is 13.0 Å². The second kappa shape index (κ2) is 43.8. The highest BCUT2D eigenvalue weighted by Crippen LogP contribution is 2.26. The molecule has 382 valence electrons. The fraction of sp³-hybridized carbons (Fsp3) is 0.755. The van der Waals surface area contributed by atoms with E-state index in [4.69, 9.17) is 18.9 Å². The van der Waals surface area contributed by atoms with E-state index in [2.05, 4.69) is 90.9 Å². The van der Waals surface area contributed by atoms with E-state index in [1.165, 1.54) is 77.0 Å². The molecule has 12 nitrogen and oxygen atoms in total. The Morgan fingerprint density at radius 2 is 1.05 bits per heavy atom. The van der Waals surface area contributed by atoms with Crippen molar-refractivity contribution in [1.82, 2.24) is 0 Å². The molecule has 0 radical (unpaired) electrons. The number of aliphatic hydroxyl groups is 3. The Hall–Kier alpha value is -2.46. The van der Waals surface area contributed by atoms with Crippen LogP contribution in [0.15, 0.2) is 72.9 Å². The zero-order valence-electron chi connectivity index (χ0n) is 41.0. The largest absolute Gasteiger partial charge is 0.457 e. The fourth-order valence-electron chi connectivity index (χ4n) is 7.46. The van der Waals surface area contributed by atoms with Gasteiger partial charge >= 0.3 is 16.4 Å². The average molecular weight is 953 g/mol. The molecule has 4 N–H and O–H groups in total. The lowest BCUT2D eigenvalue weighted by Gasteiger charge is -2.41. The van der Waals surface area contributed by atoms with Gasteiger partial charge in [0.25, 0.3) is 0 Å². The van der Waals surface area contributed by atoms with E-state index in [1.54, 1.807) is 0 Å². The van der Waals surface area contributed by atoms with Crippen molar-refractivity contribution < 1.29 is 56.2 Å². The molecule has 6 unspecified atom stereocenters. The molecular formula is C53H92O12S. The zero-order chi connectivity index (χ0) is 48.2. The lowest BCUT2D eigenvalue weighted by atomic mass is 9.99. The molecule has 0 amide bonds. The van der Waals surface area contributed by atoms with Crippen molar-refractivity contribution in [1.29, 1.82) is 0 Å². The van der Waals surface area contributed by atoms with Gasteiger partial charge < -0.3 is 34.3 Å². The summed E-state index contributed by atoms with van der Waals surface area (Å²) in [6, 6.07) is 0. The number of carbonyl (C=O) groups excluding carboxylic acids is 1. The number of unbranched alkanes of at least 4 members (excludes halogenated alkanes) is 19. The summed E-state index contributed by atoms with van der Waals surface area (Å²) >= 11 is 0. The van der Waals surface area contributed by atoms with E-state index < -0.39 is 59.8 Å². The highest BCUT2D eigenvalue weighted by Gasteiger charge is 2.48. The molecular weight excluding hydrogens is 861 g/mol. The lowest BCUT2D eigenvalue weighted by molar-refractivity contribution is -0.301. The molecule has 13 heteroatoms. The number of carbonyl (C=O) groups is 1. The normalized spacial score (nSPS) is 20.1. The quantitative estimate of drug-likeness (QED) is 0.0197. The van der Waals surface area contributed by atoms with E-state index in [9.17, 15) is 33.1 Å². The molecule has 0 aliphatic carbocycles. The Balaban J connectivity index is 2.36. The number of ether oxygens (including phenoxy) is 4. The van der Waals surface area contributed by atoms with Crippen LogP contribution in [0.3, 0.4) is 0 Å². The van der Waals surface area contributed by atoms with Crippen molar-refractivity contribution in [3.05, 3.63) is 72.9 Å². The summed E-state index contributed by atoms with van der Waals surface area (Å²) in [7, 11) is -5.07. The van der Waals surface area contributed by atoms with Crippen molar-refractivity contribution >= 4 is 16.4 Å². The highest BCUT2D eigenvalue weighted by molar-refractivity contribution is 7.80. The number of hydrogen-bond acceptors (Lipinski definition) is 11. The first-order valence-corrected chi connectivity index (χ1v) is 27.1. The Morgan fingerprint density at radius 3 is 1.53 bits per heavy atom. The number of aliphatic hydroxyl groups excluding tert-OH is 3. The van der Waals surface area contributed by atoms with Gasteiger partial charge in [0.1, 0.15) is 30.5 Å². The molecule has 1 aliphatic rings. The van der Waals surface area contributed by atoms with Crippen molar-refractivity contribution in [2.45, 2.75) is 230 Å². The van der Waals surface area contributed by atoms with E-state index in [1.807, 2.05) is 0 Å². The van der Waals surface area contributed by atoms with Gasteiger partial charge in [0.15, 0.2) is 6.29 Å². The molecule has 1 rings (SSSR count).